The normalized spacial score (nSPS) is 15.1. The van der Waals surface area contributed by atoms with E-state index in [4.69, 9.17) is 10.5 Å². The summed E-state index contributed by atoms with van der Waals surface area (Å²) in [6, 6.07) is 14.2. The molecule has 2 aromatic carbocycles. The molecule has 0 atom stereocenters. The Labute approximate surface area is 171 Å². The van der Waals surface area contributed by atoms with E-state index in [0.717, 1.165) is 27.8 Å². The number of halogens is 1. The van der Waals surface area contributed by atoms with Crippen LogP contribution in [0.3, 0.4) is 0 Å². The predicted molar refractivity (Wildman–Crippen MR) is 113 cm³/mol. The average molecular weight is 407 g/mol. The number of hydrogen-bond acceptors (Lipinski definition) is 5. The van der Waals surface area contributed by atoms with Crippen LogP contribution in [-0.4, -0.2) is 22.7 Å². The van der Waals surface area contributed by atoms with Gasteiger partial charge in [-0.3, -0.25) is 9.78 Å². The van der Waals surface area contributed by atoms with Crippen molar-refractivity contribution in [2.75, 3.05) is 6.61 Å². The standard InChI is InChI=1S/C22H18FN3O2S/c23-16-5-1-14(2-6-16)10-12-28-19-9-11-25-18-7-3-15(13-17(18)19)4-8-20-21(27)26-22(24)29-20/h1-3,5-9,11,13H,4,10,12H2,(H2,24,26,27)/b20-8-. The smallest absolute Gasteiger partial charge is 0.285 e. The number of pyridine rings is 1. The molecular formula is C22H18FN3O2S. The molecule has 1 aliphatic rings. The Bertz CT molecular complexity index is 1130. The van der Waals surface area contributed by atoms with Crippen LogP contribution in [0.2, 0.25) is 0 Å². The first-order valence-electron chi connectivity index (χ1n) is 9.10. The van der Waals surface area contributed by atoms with E-state index in [0.29, 0.717) is 24.4 Å². The van der Waals surface area contributed by atoms with E-state index in [1.807, 2.05) is 30.3 Å². The van der Waals surface area contributed by atoms with Gasteiger partial charge >= 0.3 is 0 Å². The second-order valence-electron chi connectivity index (χ2n) is 6.52. The Morgan fingerprint density at radius 1 is 1.10 bits per heavy atom. The van der Waals surface area contributed by atoms with Gasteiger partial charge < -0.3 is 10.5 Å². The number of amidine groups is 1. The molecule has 1 amide bonds. The van der Waals surface area contributed by atoms with Crippen molar-refractivity contribution in [3.05, 3.63) is 82.7 Å². The Morgan fingerprint density at radius 3 is 2.66 bits per heavy atom. The van der Waals surface area contributed by atoms with Crippen LogP contribution in [0.5, 0.6) is 5.75 Å². The van der Waals surface area contributed by atoms with Crippen LogP contribution in [0.4, 0.5) is 4.39 Å². The van der Waals surface area contributed by atoms with Crippen molar-refractivity contribution < 1.29 is 13.9 Å². The number of nitrogens with zero attached hydrogens (tertiary/aromatic N) is 2. The molecule has 5 nitrogen and oxygen atoms in total. The molecule has 1 aliphatic heterocycles. The van der Waals surface area contributed by atoms with E-state index in [1.165, 1.54) is 23.9 Å². The number of fused-ring (bicyclic) bond motifs is 1. The van der Waals surface area contributed by atoms with Gasteiger partial charge in [0.25, 0.3) is 5.91 Å². The molecule has 29 heavy (non-hydrogen) atoms. The quantitative estimate of drug-likeness (QED) is 0.625. The van der Waals surface area contributed by atoms with Gasteiger partial charge in [-0.1, -0.05) is 24.3 Å². The second-order valence-corrected chi connectivity index (χ2v) is 7.58. The van der Waals surface area contributed by atoms with Crippen molar-refractivity contribution in [3.8, 4) is 5.75 Å². The third-order valence-electron chi connectivity index (χ3n) is 4.49. The Hall–Kier alpha value is -3.19. The van der Waals surface area contributed by atoms with E-state index in [9.17, 15) is 9.18 Å². The highest BCUT2D eigenvalue weighted by atomic mass is 32.2. The number of rotatable bonds is 6. The van der Waals surface area contributed by atoms with Crippen LogP contribution in [0.15, 0.2) is 70.7 Å². The summed E-state index contributed by atoms with van der Waals surface area (Å²) in [5, 5.41) is 1.18. The van der Waals surface area contributed by atoms with Crippen molar-refractivity contribution in [2.24, 2.45) is 10.7 Å². The maximum absolute atomic E-state index is 13.0. The van der Waals surface area contributed by atoms with Crippen molar-refractivity contribution >= 4 is 33.7 Å². The largest absolute Gasteiger partial charge is 0.492 e. The third kappa shape index (κ3) is 4.63. The summed E-state index contributed by atoms with van der Waals surface area (Å²) in [5.74, 6) is 0.203. The zero-order valence-corrected chi connectivity index (χ0v) is 16.3. The van der Waals surface area contributed by atoms with Gasteiger partial charge in [0.1, 0.15) is 11.6 Å². The van der Waals surface area contributed by atoms with Gasteiger partial charge in [-0.05, 0) is 59.6 Å². The van der Waals surface area contributed by atoms with Gasteiger partial charge in [-0.25, -0.2) is 4.39 Å². The van der Waals surface area contributed by atoms with Crippen LogP contribution in [-0.2, 0) is 17.6 Å². The lowest BCUT2D eigenvalue weighted by Gasteiger charge is -2.10. The lowest BCUT2D eigenvalue weighted by molar-refractivity contribution is -0.113. The van der Waals surface area contributed by atoms with E-state index in [2.05, 4.69) is 9.98 Å². The van der Waals surface area contributed by atoms with Crippen LogP contribution < -0.4 is 10.5 Å². The van der Waals surface area contributed by atoms with Crippen molar-refractivity contribution in [1.29, 1.82) is 0 Å². The fourth-order valence-electron chi connectivity index (χ4n) is 3.02. The first-order chi connectivity index (χ1) is 14.1. The molecule has 2 N–H and O–H groups in total. The Morgan fingerprint density at radius 2 is 1.90 bits per heavy atom. The number of benzene rings is 2. The minimum Gasteiger partial charge on any atom is -0.492 e. The molecule has 2 heterocycles. The van der Waals surface area contributed by atoms with E-state index in [1.54, 1.807) is 18.3 Å². The van der Waals surface area contributed by atoms with E-state index in [-0.39, 0.29) is 16.9 Å². The zero-order chi connectivity index (χ0) is 20.2. The zero-order valence-electron chi connectivity index (χ0n) is 15.5. The fourth-order valence-corrected chi connectivity index (χ4v) is 3.68. The number of aliphatic imine (C=N–C) groups is 1. The van der Waals surface area contributed by atoms with Gasteiger partial charge in [-0.15, -0.1) is 0 Å². The summed E-state index contributed by atoms with van der Waals surface area (Å²) < 4.78 is 19.0. The number of carbonyl (C=O) groups is 1. The molecule has 1 aromatic heterocycles. The summed E-state index contributed by atoms with van der Waals surface area (Å²) in [7, 11) is 0. The molecule has 0 unspecified atom stereocenters. The molecule has 7 heteroatoms. The average Bonchev–Trinajstić information content (AvgIpc) is 3.05. The van der Waals surface area contributed by atoms with E-state index < -0.39 is 0 Å². The number of thioether (sulfide) groups is 1. The van der Waals surface area contributed by atoms with Crippen molar-refractivity contribution in [3.63, 3.8) is 0 Å². The monoisotopic (exact) mass is 407 g/mol. The minimum absolute atomic E-state index is 0.246. The van der Waals surface area contributed by atoms with Crippen molar-refractivity contribution in [1.82, 2.24) is 4.98 Å². The van der Waals surface area contributed by atoms with Crippen LogP contribution >= 0.6 is 11.8 Å². The third-order valence-corrected chi connectivity index (χ3v) is 5.35. The number of allylic oxidation sites excluding steroid dienone is 1. The summed E-state index contributed by atoms with van der Waals surface area (Å²) in [5.41, 5.74) is 8.45. The molecular weight excluding hydrogens is 389 g/mol. The molecule has 3 aromatic rings. The first kappa shape index (κ1) is 19.1. The second kappa shape index (κ2) is 8.45. The van der Waals surface area contributed by atoms with E-state index >= 15 is 0 Å². The number of nitrogens with two attached hydrogens (primary N) is 1. The molecule has 0 radical (unpaired) electrons. The number of ether oxygens (including phenoxy) is 1. The molecule has 4 rings (SSSR count). The SMILES string of the molecule is NC1=NC(=O)/C(=C/Cc2ccc3nccc(OCCc4ccc(F)cc4)c3c2)S1. The Kier molecular flexibility index (Phi) is 5.57. The first-order valence-corrected chi connectivity index (χ1v) is 9.91. The number of carbonyl (C=O) groups excluding carboxylic acids is 1. The van der Waals surface area contributed by atoms with Gasteiger partial charge in [0.2, 0.25) is 0 Å². The molecule has 146 valence electrons. The molecule has 0 bridgehead atoms. The highest BCUT2D eigenvalue weighted by molar-refractivity contribution is 8.18. The Balaban J connectivity index is 1.48. The summed E-state index contributed by atoms with van der Waals surface area (Å²) >= 11 is 1.19. The van der Waals surface area contributed by atoms with Crippen LogP contribution in [0, 0.1) is 5.82 Å². The van der Waals surface area contributed by atoms with Gasteiger partial charge in [-0.2, -0.15) is 4.99 Å². The lowest BCUT2D eigenvalue weighted by atomic mass is 10.1. The molecule has 0 saturated carbocycles. The van der Waals surface area contributed by atoms with Crippen LogP contribution in [0.1, 0.15) is 11.1 Å². The van der Waals surface area contributed by atoms with Crippen molar-refractivity contribution in [2.45, 2.75) is 12.8 Å². The molecule has 0 fully saturated rings. The number of aromatic nitrogens is 1. The summed E-state index contributed by atoms with van der Waals surface area (Å²) in [6.07, 6.45) is 4.81. The summed E-state index contributed by atoms with van der Waals surface area (Å²) in [6.45, 7) is 0.473. The predicted octanol–water partition coefficient (Wildman–Crippen LogP) is 4.01. The molecule has 0 saturated heterocycles. The van der Waals surface area contributed by atoms with Gasteiger partial charge in [0.15, 0.2) is 5.17 Å². The van der Waals surface area contributed by atoms with Gasteiger partial charge in [0.05, 0.1) is 17.0 Å². The van der Waals surface area contributed by atoms with Crippen LogP contribution in [0.25, 0.3) is 10.9 Å². The fraction of sp³-hybridized carbons (Fsp3) is 0.136. The van der Waals surface area contributed by atoms with Gasteiger partial charge in [0, 0.05) is 18.0 Å². The topological polar surface area (TPSA) is 77.6 Å². The molecule has 0 spiro atoms. The number of hydrogen-bond donors (Lipinski definition) is 1. The maximum atomic E-state index is 13.0. The minimum atomic E-state index is -0.292. The highest BCUT2D eigenvalue weighted by Gasteiger charge is 2.18. The maximum Gasteiger partial charge on any atom is 0.285 e. The number of amides is 1. The molecule has 0 aliphatic carbocycles. The summed E-state index contributed by atoms with van der Waals surface area (Å²) in [4.78, 5) is 20.4. The lowest BCUT2D eigenvalue weighted by Crippen LogP contribution is -2.02. The highest BCUT2D eigenvalue weighted by Crippen LogP contribution is 2.27.